The monoisotopic (exact) mass is 343 g/mol. The average Bonchev–Trinajstić information content (AvgIpc) is 2.62. The van der Waals surface area contributed by atoms with Crippen molar-refractivity contribution in [3.8, 4) is 5.75 Å². The molecule has 0 aliphatic heterocycles. The van der Waals surface area contributed by atoms with Crippen molar-refractivity contribution in [3.63, 3.8) is 0 Å². The SMILES string of the molecule is COc1ccc(NC(=O)CCCC2=C(C)C(=O)C(C)C(C)C2=O)cc1. The predicted octanol–water partition coefficient (Wildman–Crippen LogP) is 3.54. The van der Waals surface area contributed by atoms with Crippen LogP contribution in [0.3, 0.4) is 0 Å². The van der Waals surface area contributed by atoms with Crippen molar-refractivity contribution in [1.29, 1.82) is 0 Å². The summed E-state index contributed by atoms with van der Waals surface area (Å²) >= 11 is 0. The van der Waals surface area contributed by atoms with Crippen LogP contribution in [0.2, 0.25) is 0 Å². The first kappa shape index (κ1) is 18.9. The lowest BCUT2D eigenvalue weighted by molar-refractivity contribution is -0.129. The minimum absolute atomic E-state index is 0.0418. The molecule has 0 saturated heterocycles. The van der Waals surface area contributed by atoms with Gasteiger partial charge in [0, 0.05) is 29.5 Å². The van der Waals surface area contributed by atoms with E-state index in [4.69, 9.17) is 4.74 Å². The second-order valence-electron chi connectivity index (χ2n) is 6.54. The molecule has 0 saturated carbocycles. The number of carbonyl (C=O) groups is 3. The Bertz CT molecular complexity index is 703. The first-order valence-electron chi connectivity index (χ1n) is 8.57. The minimum atomic E-state index is -0.278. The molecule has 0 spiro atoms. The summed E-state index contributed by atoms with van der Waals surface area (Å²) in [5.41, 5.74) is 1.85. The highest BCUT2D eigenvalue weighted by Gasteiger charge is 2.35. The molecule has 1 amide bonds. The molecule has 25 heavy (non-hydrogen) atoms. The maximum atomic E-state index is 12.4. The van der Waals surface area contributed by atoms with Gasteiger partial charge >= 0.3 is 0 Å². The lowest BCUT2D eigenvalue weighted by Crippen LogP contribution is -2.33. The Balaban J connectivity index is 1.89. The van der Waals surface area contributed by atoms with E-state index in [0.717, 1.165) is 5.75 Å². The Morgan fingerprint density at radius 2 is 1.68 bits per heavy atom. The van der Waals surface area contributed by atoms with E-state index in [9.17, 15) is 14.4 Å². The molecule has 1 aliphatic carbocycles. The Hall–Kier alpha value is -2.43. The van der Waals surface area contributed by atoms with Crippen LogP contribution in [0.4, 0.5) is 5.69 Å². The van der Waals surface area contributed by atoms with E-state index in [1.807, 2.05) is 0 Å². The number of Topliss-reactive ketones (excluding diaryl/α,β-unsaturated/α-hetero) is 2. The van der Waals surface area contributed by atoms with Crippen molar-refractivity contribution in [2.24, 2.45) is 11.8 Å². The van der Waals surface area contributed by atoms with E-state index >= 15 is 0 Å². The summed E-state index contributed by atoms with van der Waals surface area (Å²) in [5, 5.41) is 2.82. The predicted molar refractivity (Wildman–Crippen MR) is 96.5 cm³/mol. The summed E-state index contributed by atoms with van der Waals surface area (Å²) in [4.78, 5) is 36.6. The number of ketones is 2. The number of nitrogens with one attached hydrogen (secondary N) is 1. The van der Waals surface area contributed by atoms with Crippen LogP contribution in [0.25, 0.3) is 0 Å². The third-order valence-corrected chi connectivity index (χ3v) is 4.90. The molecular weight excluding hydrogens is 318 g/mol. The number of amides is 1. The molecule has 2 rings (SSSR count). The lowest BCUT2D eigenvalue weighted by Gasteiger charge is -2.26. The fraction of sp³-hybridized carbons (Fsp3) is 0.450. The number of rotatable bonds is 6. The average molecular weight is 343 g/mol. The van der Waals surface area contributed by atoms with Gasteiger partial charge in [-0.25, -0.2) is 0 Å². The first-order chi connectivity index (χ1) is 11.8. The molecule has 2 unspecified atom stereocenters. The summed E-state index contributed by atoms with van der Waals surface area (Å²) in [6.45, 7) is 5.32. The van der Waals surface area contributed by atoms with Gasteiger partial charge in [0.1, 0.15) is 5.75 Å². The van der Waals surface area contributed by atoms with Crippen LogP contribution >= 0.6 is 0 Å². The number of hydrogen-bond donors (Lipinski definition) is 1. The molecule has 1 aromatic rings. The van der Waals surface area contributed by atoms with E-state index < -0.39 is 0 Å². The fourth-order valence-electron chi connectivity index (χ4n) is 3.04. The van der Waals surface area contributed by atoms with Crippen LogP contribution < -0.4 is 10.1 Å². The number of carbonyl (C=O) groups excluding carboxylic acids is 3. The molecule has 0 fully saturated rings. The topological polar surface area (TPSA) is 72.5 Å². The fourth-order valence-corrected chi connectivity index (χ4v) is 3.04. The molecule has 1 aromatic carbocycles. The van der Waals surface area contributed by atoms with Crippen LogP contribution in [-0.2, 0) is 14.4 Å². The Morgan fingerprint density at radius 1 is 1.08 bits per heavy atom. The Labute approximate surface area is 148 Å². The van der Waals surface area contributed by atoms with Crippen molar-refractivity contribution in [2.75, 3.05) is 12.4 Å². The highest BCUT2D eigenvalue weighted by atomic mass is 16.5. The largest absolute Gasteiger partial charge is 0.497 e. The maximum Gasteiger partial charge on any atom is 0.224 e. The van der Waals surface area contributed by atoms with Crippen LogP contribution in [0.5, 0.6) is 5.75 Å². The van der Waals surface area contributed by atoms with Gasteiger partial charge in [0.05, 0.1) is 7.11 Å². The van der Waals surface area contributed by atoms with Crippen molar-refractivity contribution in [2.45, 2.75) is 40.0 Å². The van der Waals surface area contributed by atoms with Crippen molar-refractivity contribution < 1.29 is 19.1 Å². The second-order valence-corrected chi connectivity index (χ2v) is 6.54. The number of methoxy groups -OCH3 is 1. The summed E-state index contributed by atoms with van der Waals surface area (Å²) in [5.74, 6) is 0.169. The van der Waals surface area contributed by atoms with Gasteiger partial charge in [-0.15, -0.1) is 0 Å². The highest BCUT2D eigenvalue weighted by Crippen LogP contribution is 2.31. The Kier molecular flexibility index (Phi) is 6.12. The summed E-state index contributed by atoms with van der Waals surface area (Å²) in [6.07, 6.45) is 1.30. The van der Waals surface area contributed by atoms with Gasteiger partial charge in [-0.3, -0.25) is 14.4 Å². The zero-order valence-electron chi connectivity index (χ0n) is 15.2. The van der Waals surface area contributed by atoms with E-state index in [2.05, 4.69) is 5.32 Å². The van der Waals surface area contributed by atoms with E-state index in [1.165, 1.54) is 0 Å². The van der Waals surface area contributed by atoms with Gasteiger partial charge in [-0.1, -0.05) is 13.8 Å². The quantitative estimate of drug-likeness (QED) is 0.857. The van der Waals surface area contributed by atoms with E-state index in [-0.39, 0.29) is 29.3 Å². The van der Waals surface area contributed by atoms with Crippen molar-refractivity contribution >= 4 is 23.2 Å². The molecule has 0 radical (unpaired) electrons. The van der Waals surface area contributed by atoms with Gasteiger partial charge in [0.15, 0.2) is 11.6 Å². The van der Waals surface area contributed by atoms with E-state index in [1.54, 1.807) is 52.1 Å². The van der Waals surface area contributed by atoms with Crippen molar-refractivity contribution in [3.05, 3.63) is 35.4 Å². The number of benzene rings is 1. The molecular formula is C20H25NO4. The van der Waals surface area contributed by atoms with Gasteiger partial charge < -0.3 is 10.1 Å². The number of ether oxygens (including phenoxy) is 1. The van der Waals surface area contributed by atoms with Crippen LogP contribution in [0, 0.1) is 11.8 Å². The molecule has 1 N–H and O–H groups in total. The highest BCUT2D eigenvalue weighted by molar-refractivity contribution is 6.13. The third-order valence-electron chi connectivity index (χ3n) is 4.90. The number of anilines is 1. The third kappa shape index (κ3) is 4.35. The van der Waals surface area contributed by atoms with Crippen LogP contribution in [0.1, 0.15) is 40.0 Å². The summed E-state index contributed by atoms with van der Waals surface area (Å²) < 4.78 is 5.07. The van der Waals surface area contributed by atoms with Gasteiger partial charge in [-0.2, -0.15) is 0 Å². The molecule has 1 aliphatic rings. The van der Waals surface area contributed by atoms with Crippen molar-refractivity contribution in [1.82, 2.24) is 0 Å². The second kappa shape index (κ2) is 8.10. The van der Waals surface area contributed by atoms with Gasteiger partial charge in [0.2, 0.25) is 5.91 Å². The zero-order valence-corrected chi connectivity index (χ0v) is 15.2. The maximum absolute atomic E-state index is 12.4. The summed E-state index contributed by atoms with van der Waals surface area (Å²) in [7, 11) is 1.59. The molecule has 0 aromatic heterocycles. The summed E-state index contributed by atoms with van der Waals surface area (Å²) in [6, 6.07) is 7.10. The smallest absolute Gasteiger partial charge is 0.224 e. The standard InChI is InChI=1S/C20H25NO4/c1-12-13(2)20(24)17(14(3)19(12)23)6-5-7-18(22)21-15-8-10-16(25-4)11-9-15/h8-13H,5-7H2,1-4H3,(H,21,22). The number of hydrogen-bond acceptors (Lipinski definition) is 4. The zero-order chi connectivity index (χ0) is 18.6. The molecule has 5 nitrogen and oxygen atoms in total. The van der Waals surface area contributed by atoms with Gasteiger partial charge in [-0.05, 0) is 49.6 Å². The molecule has 0 heterocycles. The van der Waals surface area contributed by atoms with Crippen LogP contribution in [-0.4, -0.2) is 24.6 Å². The van der Waals surface area contributed by atoms with Crippen LogP contribution in [0.15, 0.2) is 35.4 Å². The number of allylic oxidation sites excluding steroid dienone is 2. The van der Waals surface area contributed by atoms with E-state index in [0.29, 0.717) is 36.1 Å². The normalized spacial score (nSPS) is 20.6. The lowest BCUT2D eigenvalue weighted by atomic mass is 9.75. The molecule has 0 bridgehead atoms. The molecule has 5 heteroatoms. The molecule has 134 valence electrons. The molecule has 2 atom stereocenters. The minimum Gasteiger partial charge on any atom is -0.497 e. The first-order valence-corrected chi connectivity index (χ1v) is 8.57. The van der Waals surface area contributed by atoms with Gasteiger partial charge in [0.25, 0.3) is 0 Å². The Morgan fingerprint density at radius 3 is 2.28 bits per heavy atom.